The summed E-state index contributed by atoms with van der Waals surface area (Å²) in [5.41, 5.74) is 6.96. The Kier molecular flexibility index (Phi) is 2.27. The molecular formula is C6H9N5O2. The summed E-state index contributed by atoms with van der Waals surface area (Å²) in [6.07, 6.45) is 1.57. The molecule has 2 N–H and O–H groups in total. The van der Waals surface area contributed by atoms with Crippen LogP contribution >= 0.6 is 0 Å². The molecular weight excluding hydrogens is 174 g/mol. The van der Waals surface area contributed by atoms with E-state index < -0.39 is 5.03 Å². The number of nitro groups is 1. The normalized spacial score (nSPS) is 11.7. The number of nitrogens with zero attached hydrogens (tertiary/aromatic N) is 4. The van der Waals surface area contributed by atoms with E-state index in [9.17, 15) is 10.1 Å². The second-order valence-electron chi connectivity index (χ2n) is 2.52. The Labute approximate surface area is 74.0 Å². The van der Waals surface area contributed by atoms with Gasteiger partial charge in [-0.2, -0.15) is 5.10 Å². The summed E-state index contributed by atoms with van der Waals surface area (Å²) in [5, 5.41) is 15.9. The number of aromatic nitrogens is 2. The zero-order valence-electron chi connectivity index (χ0n) is 7.26. The van der Waals surface area contributed by atoms with Crippen molar-refractivity contribution in [1.82, 2.24) is 9.78 Å². The van der Waals surface area contributed by atoms with E-state index in [0.717, 1.165) is 11.3 Å². The highest BCUT2D eigenvalue weighted by molar-refractivity contribution is 5.79. The third kappa shape index (κ3) is 1.81. The van der Waals surface area contributed by atoms with Gasteiger partial charge < -0.3 is 5.73 Å². The van der Waals surface area contributed by atoms with Crippen LogP contribution in [0.25, 0.3) is 0 Å². The summed E-state index contributed by atoms with van der Waals surface area (Å²) in [6, 6.07) is 0. The first-order chi connectivity index (χ1) is 6.02. The van der Waals surface area contributed by atoms with Gasteiger partial charge in [-0.05, 0) is 19.4 Å². The Balaban J connectivity index is 3.09. The molecule has 0 atom stereocenters. The second-order valence-corrected chi connectivity index (χ2v) is 2.52. The van der Waals surface area contributed by atoms with Crippen LogP contribution in [-0.2, 0) is 0 Å². The van der Waals surface area contributed by atoms with Crippen molar-refractivity contribution < 1.29 is 5.03 Å². The first-order valence-electron chi connectivity index (χ1n) is 3.52. The van der Waals surface area contributed by atoms with Gasteiger partial charge in [0.25, 0.3) is 5.96 Å². The minimum atomic E-state index is -0.855. The molecule has 13 heavy (non-hydrogen) atoms. The van der Waals surface area contributed by atoms with Crippen LogP contribution in [0.4, 0.5) is 0 Å². The smallest absolute Gasteiger partial charge is 0.293 e. The predicted molar refractivity (Wildman–Crippen MR) is 45.7 cm³/mol. The van der Waals surface area contributed by atoms with Crippen molar-refractivity contribution in [3.63, 3.8) is 0 Å². The van der Waals surface area contributed by atoms with Crippen LogP contribution in [0.1, 0.15) is 11.3 Å². The van der Waals surface area contributed by atoms with Crippen LogP contribution in [0, 0.1) is 24.0 Å². The highest BCUT2D eigenvalue weighted by Crippen LogP contribution is 2.03. The van der Waals surface area contributed by atoms with Gasteiger partial charge in [-0.1, -0.05) is 0 Å². The van der Waals surface area contributed by atoms with Crippen LogP contribution in [0.5, 0.6) is 0 Å². The number of hydrogen-bond acceptors (Lipinski definition) is 3. The molecule has 0 radical (unpaired) electrons. The van der Waals surface area contributed by atoms with E-state index in [1.165, 1.54) is 4.68 Å². The number of hydrogen-bond donors (Lipinski definition) is 1. The SMILES string of the molecule is Cc1cnn(C(N)=N[N+](=O)[O-])c1C. The van der Waals surface area contributed by atoms with Gasteiger partial charge in [0.2, 0.25) is 0 Å². The number of nitrogens with two attached hydrogens (primary N) is 1. The first kappa shape index (κ1) is 9.17. The molecule has 7 heteroatoms. The summed E-state index contributed by atoms with van der Waals surface area (Å²) in [6.45, 7) is 3.59. The molecule has 0 bridgehead atoms. The maximum Gasteiger partial charge on any atom is 0.293 e. The molecule has 1 aromatic heterocycles. The van der Waals surface area contributed by atoms with Crippen molar-refractivity contribution in [2.24, 2.45) is 10.8 Å². The third-order valence-electron chi connectivity index (χ3n) is 1.66. The van der Waals surface area contributed by atoms with Crippen molar-refractivity contribution in [3.8, 4) is 0 Å². The van der Waals surface area contributed by atoms with Crippen LogP contribution in [0.15, 0.2) is 11.3 Å². The fourth-order valence-corrected chi connectivity index (χ4v) is 0.848. The fourth-order valence-electron chi connectivity index (χ4n) is 0.848. The zero-order chi connectivity index (χ0) is 10.0. The highest BCUT2D eigenvalue weighted by Gasteiger charge is 2.08. The molecule has 0 fully saturated rings. The minimum Gasteiger partial charge on any atom is -0.363 e. The van der Waals surface area contributed by atoms with Crippen molar-refractivity contribution in [2.45, 2.75) is 13.8 Å². The van der Waals surface area contributed by atoms with E-state index in [-0.39, 0.29) is 5.96 Å². The van der Waals surface area contributed by atoms with E-state index in [1.54, 1.807) is 13.1 Å². The molecule has 1 heterocycles. The van der Waals surface area contributed by atoms with E-state index in [1.807, 2.05) is 6.92 Å². The van der Waals surface area contributed by atoms with Gasteiger partial charge in [-0.25, -0.2) is 14.8 Å². The molecule has 0 aromatic carbocycles. The maximum absolute atomic E-state index is 10.00. The Hall–Kier alpha value is -1.92. The largest absolute Gasteiger partial charge is 0.363 e. The summed E-state index contributed by atoms with van der Waals surface area (Å²) < 4.78 is 1.22. The monoisotopic (exact) mass is 183 g/mol. The van der Waals surface area contributed by atoms with Crippen LogP contribution in [0.2, 0.25) is 0 Å². The Morgan fingerprint density at radius 1 is 1.77 bits per heavy atom. The number of rotatable bonds is 1. The van der Waals surface area contributed by atoms with Crippen molar-refractivity contribution in [3.05, 3.63) is 27.6 Å². The fraction of sp³-hybridized carbons (Fsp3) is 0.333. The molecule has 0 saturated heterocycles. The van der Waals surface area contributed by atoms with Gasteiger partial charge in [0, 0.05) is 5.69 Å². The summed E-state index contributed by atoms with van der Waals surface area (Å²) in [5.74, 6) is -0.240. The molecule has 0 amide bonds. The van der Waals surface area contributed by atoms with Crippen molar-refractivity contribution in [1.29, 1.82) is 0 Å². The predicted octanol–water partition coefficient (Wildman–Crippen LogP) is -0.146. The van der Waals surface area contributed by atoms with E-state index in [4.69, 9.17) is 5.73 Å². The molecule has 7 nitrogen and oxygen atoms in total. The standard InChI is InChI=1S/C6H9N5O2/c1-4-3-8-10(5(4)2)6(7)9-11(12)13/h3H,1-2H3,(H2,7,9). The molecule has 0 aliphatic carbocycles. The second kappa shape index (κ2) is 3.21. The topological polar surface area (TPSA) is 99.3 Å². The highest BCUT2D eigenvalue weighted by atomic mass is 16.7. The van der Waals surface area contributed by atoms with E-state index in [0.29, 0.717) is 0 Å². The van der Waals surface area contributed by atoms with Crippen molar-refractivity contribution >= 4 is 5.96 Å². The molecule has 1 rings (SSSR count). The summed E-state index contributed by atoms with van der Waals surface area (Å²) in [4.78, 5) is 10.00. The van der Waals surface area contributed by atoms with Crippen molar-refractivity contribution in [2.75, 3.05) is 0 Å². The Morgan fingerprint density at radius 3 is 2.77 bits per heavy atom. The van der Waals surface area contributed by atoms with Gasteiger partial charge in [0.15, 0.2) is 5.03 Å². The Bertz CT molecular complexity index is 367. The lowest BCUT2D eigenvalue weighted by Gasteiger charge is -1.98. The molecule has 0 aliphatic rings. The molecule has 1 aromatic rings. The molecule has 0 unspecified atom stereocenters. The average molecular weight is 183 g/mol. The number of aryl methyl sites for hydroxylation is 1. The van der Waals surface area contributed by atoms with Crippen LogP contribution in [-0.4, -0.2) is 20.8 Å². The van der Waals surface area contributed by atoms with Gasteiger partial charge in [-0.3, -0.25) is 0 Å². The Morgan fingerprint density at radius 2 is 2.38 bits per heavy atom. The van der Waals surface area contributed by atoms with Gasteiger partial charge in [0.05, 0.1) is 6.20 Å². The molecule has 0 saturated carbocycles. The zero-order valence-corrected chi connectivity index (χ0v) is 7.26. The summed E-state index contributed by atoms with van der Waals surface area (Å²) in [7, 11) is 0. The van der Waals surface area contributed by atoms with Gasteiger partial charge in [0.1, 0.15) is 5.10 Å². The lowest BCUT2D eigenvalue weighted by Crippen LogP contribution is -2.25. The third-order valence-corrected chi connectivity index (χ3v) is 1.66. The first-order valence-corrected chi connectivity index (χ1v) is 3.52. The van der Waals surface area contributed by atoms with Crippen LogP contribution < -0.4 is 5.73 Å². The van der Waals surface area contributed by atoms with E-state index in [2.05, 4.69) is 10.2 Å². The quantitative estimate of drug-likeness (QED) is 0.283. The van der Waals surface area contributed by atoms with E-state index >= 15 is 0 Å². The maximum atomic E-state index is 10.00. The molecule has 0 spiro atoms. The molecule has 0 aliphatic heterocycles. The minimum absolute atomic E-state index is 0.240. The number of hydrazone groups is 1. The summed E-state index contributed by atoms with van der Waals surface area (Å²) >= 11 is 0. The molecule has 70 valence electrons. The van der Waals surface area contributed by atoms with Gasteiger partial charge in [-0.15, -0.1) is 0 Å². The van der Waals surface area contributed by atoms with Crippen LogP contribution in [0.3, 0.4) is 0 Å². The lowest BCUT2D eigenvalue weighted by molar-refractivity contribution is -0.485. The average Bonchev–Trinajstić information content (AvgIpc) is 2.31. The lowest BCUT2D eigenvalue weighted by atomic mass is 10.3. The van der Waals surface area contributed by atoms with Gasteiger partial charge >= 0.3 is 0 Å².